The highest BCUT2D eigenvalue weighted by Crippen LogP contribution is 2.47. The first-order chi connectivity index (χ1) is 40.4. The quantitative estimate of drug-likeness (QED) is 0.114. The van der Waals surface area contributed by atoms with Gasteiger partial charge in [-0.05, 0) is 165 Å². The molecule has 4 heterocycles. The summed E-state index contributed by atoms with van der Waals surface area (Å²) in [4.78, 5) is 16.5. The summed E-state index contributed by atoms with van der Waals surface area (Å²) in [6, 6.07) is 73.5. The van der Waals surface area contributed by atoms with Gasteiger partial charge in [0.05, 0.1) is 44.4 Å². The predicted molar refractivity (Wildman–Crippen MR) is 345 cm³/mol. The Labute approximate surface area is 484 Å². The number of fused-ring (bicyclic) bond motifs is 9. The van der Waals surface area contributed by atoms with Gasteiger partial charge in [-0.2, -0.15) is 0 Å². The molecule has 7 nitrogen and oxygen atoms in total. The maximum Gasteiger partial charge on any atom is 0.161 e. The zero-order chi connectivity index (χ0) is 56.8. The molecule has 83 heavy (non-hydrogen) atoms. The van der Waals surface area contributed by atoms with Gasteiger partial charge in [0.25, 0.3) is 0 Å². The fourth-order valence-electron chi connectivity index (χ4n) is 12.7. The van der Waals surface area contributed by atoms with Crippen LogP contribution in [0.5, 0.6) is 11.5 Å². The van der Waals surface area contributed by atoms with Crippen molar-refractivity contribution in [2.24, 2.45) is 0 Å². The number of hydrogen-bond acceptors (Lipinski definition) is 5. The van der Waals surface area contributed by atoms with Crippen molar-refractivity contribution in [3.05, 3.63) is 234 Å². The summed E-state index contributed by atoms with van der Waals surface area (Å²) >= 11 is 0. The number of ether oxygens (including phenoxy) is 1. The van der Waals surface area contributed by atoms with Crippen LogP contribution in [0.3, 0.4) is 0 Å². The summed E-state index contributed by atoms with van der Waals surface area (Å²) in [5.74, 6) is 3.71. The molecule has 0 radical (unpaired) electrons. The normalized spacial score (nSPS) is 12.1. The van der Waals surface area contributed by atoms with Crippen molar-refractivity contribution in [3.8, 4) is 67.9 Å². The molecule has 10 aromatic carbocycles. The van der Waals surface area contributed by atoms with Crippen LogP contribution in [0.25, 0.3) is 122 Å². The third-order valence-electron chi connectivity index (χ3n) is 16.7. The summed E-state index contributed by atoms with van der Waals surface area (Å²) in [5, 5.41) is 5.23. The zero-order valence-electron chi connectivity index (χ0n) is 48.5. The number of aromatic nitrogens is 5. The molecule has 4 aromatic heterocycles. The van der Waals surface area contributed by atoms with E-state index in [4.69, 9.17) is 24.1 Å². The lowest BCUT2D eigenvalue weighted by molar-refractivity contribution is 0.483. The van der Waals surface area contributed by atoms with Gasteiger partial charge in [-0.25, -0.2) is 15.0 Å². The van der Waals surface area contributed by atoms with Crippen molar-refractivity contribution in [2.75, 3.05) is 0 Å². The summed E-state index contributed by atoms with van der Waals surface area (Å²) in [6.07, 6.45) is 0. The van der Waals surface area contributed by atoms with Crippen molar-refractivity contribution in [1.29, 1.82) is 0 Å². The van der Waals surface area contributed by atoms with Gasteiger partial charge in [0.2, 0.25) is 0 Å². The fraction of sp³-hybridized carbons (Fsp3) is 0.171. The number of aryl methyl sites for hydroxylation is 1. The van der Waals surface area contributed by atoms with Gasteiger partial charge >= 0.3 is 0 Å². The first kappa shape index (κ1) is 51.5. The minimum Gasteiger partial charge on any atom is -0.457 e. The van der Waals surface area contributed by atoms with E-state index in [9.17, 15) is 0 Å². The van der Waals surface area contributed by atoms with E-state index in [1.807, 2.05) is 6.07 Å². The van der Waals surface area contributed by atoms with Crippen LogP contribution in [0, 0.1) is 6.92 Å². The Bertz CT molecular complexity index is 4790. The number of pyridine rings is 1. The number of hydrogen-bond donors (Lipinski definition) is 0. The third kappa shape index (κ3) is 8.76. The highest BCUT2D eigenvalue weighted by Gasteiger charge is 2.29. The molecule has 0 spiro atoms. The minimum absolute atomic E-state index is 0.178. The Morgan fingerprint density at radius 2 is 0.892 bits per heavy atom. The van der Waals surface area contributed by atoms with E-state index in [-0.39, 0.29) is 23.7 Å². The molecular formula is C76H65N5O2. The fourth-order valence-corrected chi connectivity index (χ4v) is 12.7. The highest BCUT2D eigenvalue weighted by atomic mass is 16.5. The molecule has 14 aromatic rings. The van der Waals surface area contributed by atoms with Crippen LogP contribution < -0.4 is 4.74 Å². The van der Waals surface area contributed by atoms with E-state index in [0.29, 0.717) is 17.1 Å². The van der Waals surface area contributed by atoms with Gasteiger partial charge < -0.3 is 9.15 Å². The SMILES string of the molecule is Cc1nc2c3cc(Oc4cccc(-c5nc6ccccc6n5-c5c(C(C)C)cc(-c6ccccc6)cc5C(C)C)c4)cc(-c4nc5ccccc5n4-c4c(C(C)C)cc(-c5ccccc5)cc4C(C)C)c3oc2c2ccc3ccccc3c12. The average Bonchev–Trinajstić information content (AvgIpc) is 2.92. The summed E-state index contributed by atoms with van der Waals surface area (Å²) in [7, 11) is 0. The molecule has 14 rings (SSSR count). The molecule has 0 atom stereocenters. The Hall–Kier alpha value is -9.59. The van der Waals surface area contributed by atoms with Crippen molar-refractivity contribution in [2.45, 2.75) is 86.0 Å². The first-order valence-electron chi connectivity index (χ1n) is 29.3. The molecule has 0 fully saturated rings. The van der Waals surface area contributed by atoms with Gasteiger partial charge in [-0.1, -0.05) is 183 Å². The number of para-hydroxylation sites is 4. The maximum atomic E-state index is 7.34. The molecular weight excluding hydrogens is 1010 g/mol. The monoisotopic (exact) mass is 1080 g/mol. The molecule has 0 aliphatic rings. The maximum absolute atomic E-state index is 7.34. The van der Waals surface area contributed by atoms with E-state index in [1.165, 1.54) is 50.2 Å². The lowest BCUT2D eigenvalue weighted by Gasteiger charge is -2.24. The number of nitrogens with zero attached hydrogens (tertiary/aromatic N) is 5. The molecule has 0 amide bonds. The summed E-state index contributed by atoms with van der Waals surface area (Å²) in [5.41, 5.74) is 20.8. The number of rotatable bonds is 12. The van der Waals surface area contributed by atoms with Crippen LogP contribution in [0.1, 0.15) is 107 Å². The van der Waals surface area contributed by atoms with E-state index < -0.39 is 0 Å². The Balaban J connectivity index is 0.999. The topological polar surface area (TPSA) is 70.9 Å². The molecule has 0 saturated heterocycles. The van der Waals surface area contributed by atoms with E-state index >= 15 is 0 Å². The van der Waals surface area contributed by atoms with Crippen molar-refractivity contribution < 1.29 is 9.15 Å². The second-order valence-electron chi connectivity index (χ2n) is 23.5. The van der Waals surface area contributed by atoms with Crippen LogP contribution >= 0.6 is 0 Å². The molecule has 0 aliphatic carbocycles. The van der Waals surface area contributed by atoms with E-state index in [0.717, 1.165) is 94.3 Å². The molecule has 7 heteroatoms. The molecule has 0 unspecified atom stereocenters. The Kier molecular flexibility index (Phi) is 12.7. The zero-order valence-corrected chi connectivity index (χ0v) is 48.5. The molecule has 0 aliphatic heterocycles. The summed E-state index contributed by atoms with van der Waals surface area (Å²) in [6.45, 7) is 20.5. The van der Waals surface area contributed by atoms with Crippen molar-refractivity contribution in [1.82, 2.24) is 24.1 Å². The highest BCUT2D eigenvalue weighted by molar-refractivity contribution is 6.21. The van der Waals surface area contributed by atoms with Gasteiger partial charge in [0.15, 0.2) is 5.58 Å². The Morgan fingerprint density at radius 3 is 1.47 bits per heavy atom. The lowest BCUT2D eigenvalue weighted by Crippen LogP contribution is -2.09. The largest absolute Gasteiger partial charge is 0.457 e. The standard InChI is InChI=1S/C76H65N5O2/c1-44(2)59-38-53(49-23-12-10-13-24-49)39-60(45(3)4)71(59)80-67-33-20-18-31-65(67)78-75(80)52-28-22-29-55(37-52)82-56-42-63-70-74(58-36-35-51-27-16-17-30-57(51)69(58)48(9)77-70)83-73(63)64(43-56)76-79-66-32-19-21-34-68(66)81(76)72-61(46(5)6)40-54(41-62(72)47(7)8)50-25-14-11-15-26-50/h10-47H,1-9H3. The lowest BCUT2D eigenvalue weighted by atomic mass is 9.88. The average molecular weight is 1080 g/mol. The van der Waals surface area contributed by atoms with Gasteiger partial charge in [-0.15, -0.1) is 0 Å². The van der Waals surface area contributed by atoms with Crippen LogP contribution in [0.15, 0.2) is 211 Å². The molecule has 0 N–H and O–H groups in total. The van der Waals surface area contributed by atoms with Gasteiger partial charge in [-0.3, -0.25) is 9.13 Å². The van der Waals surface area contributed by atoms with Crippen LogP contribution in [-0.2, 0) is 0 Å². The number of imidazole rings is 2. The third-order valence-corrected chi connectivity index (χ3v) is 16.7. The van der Waals surface area contributed by atoms with Crippen molar-refractivity contribution in [3.63, 3.8) is 0 Å². The minimum atomic E-state index is 0.178. The smallest absolute Gasteiger partial charge is 0.161 e. The Morgan fingerprint density at radius 1 is 0.386 bits per heavy atom. The molecule has 406 valence electrons. The molecule has 0 saturated carbocycles. The van der Waals surface area contributed by atoms with E-state index in [2.05, 4.69) is 272 Å². The number of furan rings is 1. The molecule has 0 bridgehead atoms. The summed E-state index contributed by atoms with van der Waals surface area (Å²) < 4.78 is 19.4. The van der Waals surface area contributed by atoms with Crippen LogP contribution in [0.2, 0.25) is 0 Å². The van der Waals surface area contributed by atoms with E-state index in [1.54, 1.807) is 0 Å². The van der Waals surface area contributed by atoms with Gasteiger partial charge in [0.1, 0.15) is 34.2 Å². The second-order valence-corrected chi connectivity index (χ2v) is 23.5. The second kappa shape index (κ2) is 20.4. The van der Waals surface area contributed by atoms with Crippen LogP contribution in [0.4, 0.5) is 0 Å². The first-order valence-corrected chi connectivity index (χ1v) is 29.3. The number of benzene rings is 10. The predicted octanol–water partition coefficient (Wildman–Crippen LogP) is 21.2. The van der Waals surface area contributed by atoms with Crippen molar-refractivity contribution >= 4 is 65.7 Å². The van der Waals surface area contributed by atoms with Crippen LogP contribution in [-0.4, -0.2) is 24.1 Å². The van der Waals surface area contributed by atoms with Gasteiger partial charge in [0, 0.05) is 22.0 Å².